The van der Waals surface area contributed by atoms with E-state index in [2.05, 4.69) is 9.97 Å². The van der Waals surface area contributed by atoms with E-state index < -0.39 is 17.9 Å². The molecule has 0 fully saturated rings. The van der Waals surface area contributed by atoms with Crippen LogP contribution in [0.3, 0.4) is 0 Å². The van der Waals surface area contributed by atoms with Gasteiger partial charge in [0.25, 0.3) is 0 Å². The first kappa shape index (κ1) is 12.4. The molecule has 96 valence electrons. The van der Waals surface area contributed by atoms with Crippen molar-refractivity contribution in [2.24, 2.45) is 11.7 Å². The highest BCUT2D eigenvalue weighted by Gasteiger charge is 2.24. The second-order valence-corrected chi connectivity index (χ2v) is 4.26. The number of hydrogen-bond acceptors (Lipinski definition) is 3. The molecule has 0 amide bonds. The Morgan fingerprint density at radius 1 is 1.39 bits per heavy atom. The number of fused-ring (bicyclic) bond motifs is 1. The lowest BCUT2D eigenvalue weighted by Gasteiger charge is -2.18. The molecule has 1 aromatic carbocycles. The molecule has 2 rings (SSSR count). The van der Waals surface area contributed by atoms with E-state index in [1.807, 2.05) is 0 Å². The van der Waals surface area contributed by atoms with Crippen molar-refractivity contribution in [1.29, 1.82) is 0 Å². The molecule has 0 spiro atoms. The van der Waals surface area contributed by atoms with Gasteiger partial charge in [-0.2, -0.15) is 0 Å². The minimum Gasteiger partial charge on any atom is -0.481 e. The zero-order valence-corrected chi connectivity index (χ0v) is 9.93. The topological polar surface area (TPSA) is 112 Å². The number of nitrogens with one attached hydrogen (secondary N) is 2. The van der Waals surface area contributed by atoms with Gasteiger partial charge in [-0.3, -0.25) is 4.79 Å². The summed E-state index contributed by atoms with van der Waals surface area (Å²) >= 11 is 0. The fraction of sp³-hybridized carbons (Fsp3) is 0.333. The Bertz CT molecular complexity index is 629. The second-order valence-electron chi connectivity index (χ2n) is 4.26. The normalized spacial score (nSPS) is 14.6. The quantitative estimate of drug-likeness (QED) is 0.646. The summed E-state index contributed by atoms with van der Waals surface area (Å²) in [4.78, 5) is 27.4. The zero-order chi connectivity index (χ0) is 13.3. The average molecular weight is 249 g/mol. The van der Waals surface area contributed by atoms with Gasteiger partial charge >= 0.3 is 11.7 Å². The minimum absolute atomic E-state index is 0.291. The molecule has 2 unspecified atom stereocenters. The maximum absolute atomic E-state index is 11.1. The fourth-order valence-corrected chi connectivity index (χ4v) is 2.07. The molecule has 0 aliphatic heterocycles. The zero-order valence-electron chi connectivity index (χ0n) is 9.93. The van der Waals surface area contributed by atoms with Gasteiger partial charge in [0.05, 0.1) is 17.0 Å². The SMILES string of the molecule is CCC(C(=O)O)C(N)c1ccc2[nH]c(=O)[nH]c2c1. The van der Waals surface area contributed by atoms with Crippen LogP contribution in [0.25, 0.3) is 11.0 Å². The smallest absolute Gasteiger partial charge is 0.323 e. The van der Waals surface area contributed by atoms with Crippen LogP contribution in [0.4, 0.5) is 0 Å². The third kappa shape index (κ3) is 2.14. The largest absolute Gasteiger partial charge is 0.481 e. The minimum atomic E-state index is -0.910. The van der Waals surface area contributed by atoms with E-state index in [0.29, 0.717) is 23.0 Å². The predicted molar refractivity (Wildman–Crippen MR) is 67.3 cm³/mol. The summed E-state index contributed by atoms with van der Waals surface area (Å²) in [5.41, 5.74) is 7.69. The molecule has 2 aromatic rings. The summed E-state index contributed by atoms with van der Waals surface area (Å²) < 4.78 is 0. The lowest BCUT2D eigenvalue weighted by atomic mass is 9.91. The Morgan fingerprint density at radius 2 is 2.06 bits per heavy atom. The van der Waals surface area contributed by atoms with Crippen LogP contribution in [0, 0.1) is 5.92 Å². The first-order valence-electron chi connectivity index (χ1n) is 5.73. The number of aromatic amines is 2. The molecule has 0 saturated carbocycles. The van der Waals surface area contributed by atoms with Gasteiger partial charge in [0.15, 0.2) is 0 Å². The highest BCUT2D eigenvalue weighted by molar-refractivity contribution is 5.76. The third-order valence-corrected chi connectivity index (χ3v) is 3.12. The first-order chi connectivity index (χ1) is 8.52. The van der Waals surface area contributed by atoms with Gasteiger partial charge < -0.3 is 20.8 Å². The van der Waals surface area contributed by atoms with Gasteiger partial charge in [0, 0.05) is 6.04 Å². The third-order valence-electron chi connectivity index (χ3n) is 3.12. The van der Waals surface area contributed by atoms with Crippen molar-refractivity contribution >= 4 is 17.0 Å². The van der Waals surface area contributed by atoms with Crippen LogP contribution in [0.2, 0.25) is 0 Å². The van der Waals surface area contributed by atoms with Crippen LogP contribution in [0.1, 0.15) is 24.9 Å². The number of carbonyl (C=O) groups is 1. The Hall–Kier alpha value is -2.08. The van der Waals surface area contributed by atoms with Gasteiger partial charge in [0.1, 0.15) is 0 Å². The van der Waals surface area contributed by atoms with Gasteiger partial charge in [-0.25, -0.2) is 4.79 Å². The van der Waals surface area contributed by atoms with Crippen molar-refractivity contribution in [2.45, 2.75) is 19.4 Å². The van der Waals surface area contributed by atoms with E-state index in [4.69, 9.17) is 10.8 Å². The number of benzene rings is 1. The molecule has 6 nitrogen and oxygen atoms in total. The molecule has 0 bridgehead atoms. The second kappa shape index (κ2) is 4.66. The fourth-order valence-electron chi connectivity index (χ4n) is 2.07. The Morgan fingerprint density at radius 3 is 2.67 bits per heavy atom. The lowest BCUT2D eigenvalue weighted by molar-refractivity contribution is -0.142. The van der Waals surface area contributed by atoms with Crippen molar-refractivity contribution in [3.05, 3.63) is 34.2 Å². The van der Waals surface area contributed by atoms with Crippen molar-refractivity contribution in [1.82, 2.24) is 9.97 Å². The number of aromatic nitrogens is 2. The number of carboxylic acid groups (broad SMARTS) is 1. The summed E-state index contributed by atoms with van der Waals surface area (Å²) in [7, 11) is 0. The number of nitrogens with two attached hydrogens (primary N) is 1. The monoisotopic (exact) mass is 249 g/mol. The first-order valence-corrected chi connectivity index (χ1v) is 5.73. The van der Waals surface area contributed by atoms with Crippen molar-refractivity contribution in [2.75, 3.05) is 0 Å². The van der Waals surface area contributed by atoms with Crippen molar-refractivity contribution < 1.29 is 9.90 Å². The van der Waals surface area contributed by atoms with Crippen LogP contribution < -0.4 is 11.4 Å². The number of H-pyrrole nitrogens is 2. The number of rotatable bonds is 4. The van der Waals surface area contributed by atoms with Gasteiger partial charge in [-0.15, -0.1) is 0 Å². The molecule has 0 aliphatic carbocycles. The van der Waals surface area contributed by atoms with Crippen molar-refractivity contribution in [3.8, 4) is 0 Å². The van der Waals surface area contributed by atoms with E-state index in [1.165, 1.54) is 0 Å². The van der Waals surface area contributed by atoms with Gasteiger partial charge in [-0.05, 0) is 24.1 Å². The molecule has 6 heteroatoms. The molecular formula is C12H15N3O3. The highest BCUT2D eigenvalue weighted by Crippen LogP contribution is 2.24. The van der Waals surface area contributed by atoms with Crippen LogP contribution in [-0.4, -0.2) is 21.0 Å². The molecule has 18 heavy (non-hydrogen) atoms. The molecule has 1 heterocycles. The summed E-state index contributed by atoms with van der Waals surface area (Å²) in [5.74, 6) is -1.54. The molecule has 1 aromatic heterocycles. The summed E-state index contributed by atoms with van der Waals surface area (Å²) in [6.07, 6.45) is 0.457. The van der Waals surface area contributed by atoms with Crippen LogP contribution >= 0.6 is 0 Å². The number of hydrogen-bond donors (Lipinski definition) is 4. The maximum atomic E-state index is 11.1. The molecule has 0 saturated heterocycles. The summed E-state index contributed by atoms with van der Waals surface area (Å²) in [6.45, 7) is 1.79. The van der Waals surface area contributed by atoms with Crippen LogP contribution in [0.5, 0.6) is 0 Å². The summed E-state index contributed by atoms with van der Waals surface area (Å²) in [6, 6.07) is 4.58. The molecule has 0 aliphatic rings. The summed E-state index contributed by atoms with van der Waals surface area (Å²) in [5, 5.41) is 9.08. The lowest BCUT2D eigenvalue weighted by Crippen LogP contribution is -2.27. The average Bonchev–Trinajstić information content (AvgIpc) is 2.68. The Labute approximate surface area is 103 Å². The van der Waals surface area contributed by atoms with Crippen LogP contribution in [0.15, 0.2) is 23.0 Å². The van der Waals surface area contributed by atoms with Gasteiger partial charge in [-0.1, -0.05) is 13.0 Å². The standard InChI is InChI=1S/C12H15N3O3/c1-2-7(11(16)17)10(13)6-3-4-8-9(5-6)15-12(18)14-8/h3-5,7,10H,2,13H2,1H3,(H,16,17)(H2,14,15,18). The predicted octanol–water partition coefficient (Wildman–Crippen LogP) is 0.967. The van der Waals surface area contributed by atoms with E-state index in [1.54, 1.807) is 25.1 Å². The molecular weight excluding hydrogens is 234 g/mol. The molecule has 5 N–H and O–H groups in total. The highest BCUT2D eigenvalue weighted by atomic mass is 16.4. The van der Waals surface area contributed by atoms with Crippen LogP contribution in [-0.2, 0) is 4.79 Å². The van der Waals surface area contributed by atoms with Gasteiger partial charge in [0.2, 0.25) is 0 Å². The van der Waals surface area contributed by atoms with E-state index in [0.717, 1.165) is 0 Å². The maximum Gasteiger partial charge on any atom is 0.323 e. The number of imidazole rings is 1. The number of carboxylic acids is 1. The van der Waals surface area contributed by atoms with E-state index in [-0.39, 0.29) is 5.69 Å². The van der Waals surface area contributed by atoms with Crippen molar-refractivity contribution in [3.63, 3.8) is 0 Å². The Kier molecular flexibility index (Phi) is 3.20. The number of aliphatic carboxylic acids is 1. The van der Waals surface area contributed by atoms with E-state index in [9.17, 15) is 9.59 Å². The molecule has 0 radical (unpaired) electrons. The van der Waals surface area contributed by atoms with E-state index >= 15 is 0 Å². The molecule has 2 atom stereocenters. The Balaban J connectivity index is 2.40.